The van der Waals surface area contributed by atoms with Crippen LogP contribution in [0.5, 0.6) is 0 Å². The molecule has 11 nitrogen and oxygen atoms in total. The summed E-state index contributed by atoms with van der Waals surface area (Å²) in [7, 11) is 0. The Hall–Kier alpha value is -4.56. The maximum absolute atomic E-state index is 9.33. The molecule has 0 spiro atoms. The van der Waals surface area contributed by atoms with Crippen LogP contribution in [0, 0.1) is 25.2 Å². The van der Waals surface area contributed by atoms with Gasteiger partial charge in [-0.2, -0.15) is 20.6 Å². The number of anilines is 1. The van der Waals surface area contributed by atoms with Gasteiger partial charge in [0.05, 0.1) is 71.2 Å². The summed E-state index contributed by atoms with van der Waals surface area (Å²) in [6.07, 6.45) is 6.77. The van der Waals surface area contributed by atoms with Gasteiger partial charge < -0.3 is 9.64 Å². The van der Waals surface area contributed by atoms with Gasteiger partial charge >= 0.3 is 0 Å². The van der Waals surface area contributed by atoms with Crippen molar-refractivity contribution in [3.05, 3.63) is 59.9 Å². The van der Waals surface area contributed by atoms with E-state index in [2.05, 4.69) is 39.1 Å². The number of pyridine rings is 1. The summed E-state index contributed by atoms with van der Waals surface area (Å²) in [6.45, 7) is 8.17. The standard InChI is InChI=1S/C25H24N10O/c1-15-14-36-7-6-33(15)23-9-22(35-25(30-23)20(13-29-35)21-4-5-28-31-21)24-16(2)32-34(17(24)3)19-8-18(10-26)11-27-12-19/h4-5,8-9,11-13,15H,6-7,14H2,1-3H3,(H,28,31). The highest BCUT2D eigenvalue weighted by Gasteiger charge is 2.26. The molecule has 6 heterocycles. The SMILES string of the molecule is Cc1nn(-c2cncc(C#N)c2)c(C)c1-c1cc(N2CCOCC2C)nc2c(-c3ccn[nH]3)cnn12. The molecule has 1 fully saturated rings. The van der Waals surface area contributed by atoms with Gasteiger partial charge in [-0.1, -0.05) is 0 Å². The van der Waals surface area contributed by atoms with Gasteiger partial charge in [-0.15, -0.1) is 0 Å². The molecule has 5 aromatic rings. The van der Waals surface area contributed by atoms with Crippen molar-refractivity contribution in [2.24, 2.45) is 0 Å². The normalized spacial score (nSPS) is 15.9. The van der Waals surface area contributed by atoms with Gasteiger partial charge in [0.25, 0.3) is 0 Å². The van der Waals surface area contributed by atoms with Crippen LogP contribution in [0.4, 0.5) is 5.82 Å². The number of aryl methyl sites for hydroxylation is 1. The fourth-order valence-electron chi connectivity index (χ4n) is 4.81. The Morgan fingerprint density at radius 1 is 1.19 bits per heavy atom. The minimum atomic E-state index is 0.185. The maximum Gasteiger partial charge on any atom is 0.167 e. The summed E-state index contributed by atoms with van der Waals surface area (Å²) >= 11 is 0. The quantitative estimate of drug-likeness (QED) is 0.416. The van der Waals surface area contributed by atoms with E-state index in [1.807, 2.05) is 29.1 Å². The number of fused-ring (bicyclic) bond motifs is 1. The molecule has 6 rings (SSSR count). The molecule has 0 aromatic carbocycles. The number of nitriles is 1. The lowest BCUT2D eigenvalue weighted by molar-refractivity contribution is 0.0985. The van der Waals surface area contributed by atoms with Crippen LogP contribution in [0.3, 0.4) is 0 Å². The maximum atomic E-state index is 9.33. The van der Waals surface area contributed by atoms with Crippen molar-refractivity contribution in [3.8, 4) is 34.3 Å². The van der Waals surface area contributed by atoms with Crippen molar-refractivity contribution in [1.82, 2.24) is 39.6 Å². The largest absolute Gasteiger partial charge is 0.377 e. The Morgan fingerprint density at radius 3 is 2.86 bits per heavy atom. The van der Waals surface area contributed by atoms with Gasteiger partial charge in [-0.05, 0) is 32.9 Å². The second kappa shape index (κ2) is 8.58. The molecule has 1 N–H and O–H groups in total. The van der Waals surface area contributed by atoms with Crippen molar-refractivity contribution >= 4 is 11.5 Å². The second-order valence-corrected chi connectivity index (χ2v) is 8.88. The van der Waals surface area contributed by atoms with Crippen LogP contribution in [-0.4, -0.2) is 65.4 Å². The first-order chi connectivity index (χ1) is 17.5. The van der Waals surface area contributed by atoms with Gasteiger partial charge in [-0.3, -0.25) is 10.1 Å². The predicted octanol–water partition coefficient (Wildman–Crippen LogP) is 3.08. The van der Waals surface area contributed by atoms with Gasteiger partial charge in [0.2, 0.25) is 0 Å². The van der Waals surface area contributed by atoms with E-state index in [-0.39, 0.29) is 6.04 Å². The van der Waals surface area contributed by atoms with Crippen molar-refractivity contribution in [1.29, 1.82) is 5.26 Å². The smallest absolute Gasteiger partial charge is 0.167 e. The van der Waals surface area contributed by atoms with E-state index in [1.165, 1.54) is 0 Å². The van der Waals surface area contributed by atoms with Gasteiger partial charge in [0, 0.05) is 30.6 Å². The molecule has 1 saturated heterocycles. The molecule has 0 saturated carbocycles. The summed E-state index contributed by atoms with van der Waals surface area (Å²) in [4.78, 5) is 11.5. The minimum Gasteiger partial charge on any atom is -0.377 e. The first-order valence-corrected chi connectivity index (χ1v) is 11.7. The van der Waals surface area contributed by atoms with E-state index in [0.29, 0.717) is 18.8 Å². The lowest BCUT2D eigenvalue weighted by Crippen LogP contribution is -2.44. The molecular formula is C25H24N10O. The Morgan fingerprint density at radius 2 is 2.08 bits per heavy atom. The number of nitrogens with zero attached hydrogens (tertiary/aromatic N) is 9. The molecule has 180 valence electrons. The van der Waals surface area contributed by atoms with Crippen LogP contribution in [0.1, 0.15) is 23.9 Å². The Kier molecular flexibility index (Phi) is 5.23. The predicted molar refractivity (Wildman–Crippen MR) is 133 cm³/mol. The van der Waals surface area contributed by atoms with Crippen molar-refractivity contribution in [2.75, 3.05) is 24.7 Å². The second-order valence-electron chi connectivity index (χ2n) is 8.88. The number of hydrogen-bond donors (Lipinski definition) is 1. The fraction of sp³-hybridized carbons (Fsp3) is 0.280. The van der Waals surface area contributed by atoms with Crippen molar-refractivity contribution in [2.45, 2.75) is 26.8 Å². The number of aromatic amines is 1. The average molecular weight is 481 g/mol. The van der Waals surface area contributed by atoms with E-state index >= 15 is 0 Å². The van der Waals surface area contributed by atoms with Gasteiger partial charge in [0.15, 0.2) is 5.65 Å². The fourth-order valence-corrected chi connectivity index (χ4v) is 4.81. The lowest BCUT2D eigenvalue weighted by Gasteiger charge is -2.34. The molecule has 1 unspecified atom stereocenters. The summed E-state index contributed by atoms with van der Waals surface area (Å²) in [5.74, 6) is 0.856. The van der Waals surface area contributed by atoms with Crippen molar-refractivity contribution in [3.63, 3.8) is 0 Å². The first kappa shape index (κ1) is 21.9. The van der Waals surface area contributed by atoms with E-state index in [4.69, 9.17) is 19.9 Å². The summed E-state index contributed by atoms with van der Waals surface area (Å²) in [5, 5.41) is 26.0. The highest BCUT2D eigenvalue weighted by atomic mass is 16.5. The number of ether oxygens (including phenoxy) is 1. The third-order valence-electron chi connectivity index (χ3n) is 6.56. The number of hydrogen-bond acceptors (Lipinski definition) is 8. The van der Waals surface area contributed by atoms with Crippen LogP contribution >= 0.6 is 0 Å². The monoisotopic (exact) mass is 480 g/mol. The van der Waals surface area contributed by atoms with E-state index in [9.17, 15) is 5.26 Å². The molecule has 36 heavy (non-hydrogen) atoms. The molecule has 1 aliphatic rings. The van der Waals surface area contributed by atoms with Crippen LogP contribution < -0.4 is 4.90 Å². The highest BCUT2D eigenvalue weighted by molar-refractivity contribution is 5.80. The van der Waals surface area contributed by atoms with Crippen LogP contribution in [0.15, 0.2) is 43.0 Å². The molecule has 1 atom stereocenters. The zero-order valence-corrected chi connectivity index (χ0v) is 20.2. The minimum absolute atomic E-state index is 0.185. The molecule has 0 amide bonds. The van der Waals surface area contributed by atoms with Gasteiger partial charge in [0.1, 0.15) is 11.9 Å². The molecule has 0 radical (unpaired) electrons. The van der Waals surface area contributed by atoms with Gasteiger partial charge in [-0.25, -0.2) is 14.2 Å². The van der Waals surface area contributed by atoms with Crippen LogP contribution in [0.2, 0.25) is 0 Å². The third kappa shape index (κ3) is 3.50. The summed E-state index contributed by atoms with van der Waals surface area (Å²) in [6, 6.07) is 8.10. The molecular weight excluding hydrogens is 456 g/mol. The highest BCUT2D eigenvalue weighted by Crippen LogP contribution is 2.34. The molecule has 1 aliphatic heterocycles. The van der Waals surface area contributed by atoms with E-state index in [1.54, 1.807) is 30.9 Å². The zero-order valence-electron chi connectivity index (χ0n) is 20.2. The van der Waals surface area contributed by atoms with Crippen LogP contribution in [0.25, 0.3) is 33.8 Å². The zero-order chi connectivity index (χ0) is 24.8. The Labute approximate surface area is 207 Å². The lowest BCUT2D eigenvalue weighted by atomic mass is 10.1. The average Bonchev–Trinajstić information content (AvgIpc) is 3.63. The number of nitrogens with one attached hydrogen (secondary N) is 1. The summed E-state index contributed by atoms with van der Waals surface area (Å²) < 4.78 is 9.35. The third-order valence-corrected chi connectivity index (χ3v) is 6.56. The number of morpholine rings is 1. The Balaban J connectivity index is 1.59. The summed E-state index contributed by atoms with van der Waals surface area (Å²) in [5.41, 5.74) is 7.23. The topological polar surface area (TPSA) is 126 Å². The Bertz CT molecular complexity index is 1610. The molecule has 5 aromatic heterocycles. The van der Waals surface area contributed by atoms with E-state index in [0.717, 1.165) is 57.6 Å². The molecule has 11 heteroatoms. The van der Waals surface area contributed by atoms with Crippen molar-refractivity contribution < 1.29 is 4.74 Å². The number of H-pyrrole nitrogens is 1. The number of rotatable bonds is 4. The number of aromatic nitrogens is 8. The van der Waals surface area contributed by atoms with Crippen LogP contribution in [-0.2, 0) is 4.74 Å². The first-order valence-electron chi connectivity index (χ1n) is 11.7. The van der Waals surface area contributed by atoms with E-state index < -0.39 is 0 Å². The molecule has 0 aliphatic carbocycles. The molecule has 0 bridgehead atoms.